The molecule has 1 aliphatic carbocycles. The SMILES string of the molecule is CC(C)N1CCn2c(nc3cc(C4CCC4)cnc32)C1. The van der Waals surface area contributed by atoms with E-state index in [0.717, 1.165) is 36.7 Å². The predicted octanol–water partition coefficient (Wildman–Crippen LogP) is 2.92. The van der Waals surface area contributed by atoms with E-state index in [1.807, 2.05) is 0 Å². The van der Waals surface area contributed by atoms with Gasteiger partial charge in [0, 0.05) is 25.3 Å². The third kappa shape index (κ3) is 1.85. The predicted molar refractivity (Wildman–Crippen MR) is 79.7 cm³/mol. The van der Waals surface area contributed by atoms with E-state index >= 15 is 0 Å². The van der Waals surface area contributed by atoms with Gasteiger partial charge < -0.3 is 4.57 Å². The first-order valence-corrected chi connectivity index (χ1v) is 7.81. The summed E-state index contributed by atoms with van der Waals surface area (Å²) >= 11 is 0. The fraction of sp³-hybridized carbons (Fsp3) is 0.625. The van der Waals surface area contributed by atoms with Gasteiger partial charge in [-0.25, -0.2) is 9.97 Å². The summed E-state index contributed by atoms with van der Waals surface area (Å²) in [6, 6.07) is 2.86. The van der Waals surface area contributed by atoms with Crippen molar-refractivity contribution >= 4 is 11.2 Å². The highest BCUT2D eigenvalue weighted by molar-refractivity contribution is 5.72. The first-order valence-electron chi connectivity index (χ1n) is 7.81. The summed E-state index contributed by atoms with van der Waals surface area (Å²) in [5, 5.41) is 0. The average molecular weight is 270 g/mol. The van der Waals surface area contributed by atoms with Crippen LogP contribution in [0.5, 0.6) is 0 Å². The Bertz CT molecular complexity index is 639. The molecule has 106 valence electrons. The lowest BCUT2D eigenvalue weighted by Gasteiger charge is -2.30. The number of pyridine rings is 1. The van der Waals surface area contributed by atoms with E-state index in [2.05, 4.69) is 35.6 Å². The van der Waals surface area contributed by atoms with Crippen molar-refractivity contribution in [3.8, 4) is 0 Å². The molecule has 0 aromatic carbocycles. The zero-order valence-electron chi connectivity index (χ0n) is 12.3. The summed E-state index contributed by atoms with van der Waals surface area (Å²) in [6.45, 7) is 7.57. The summed E-state index contributed by atoms with van der Waals surface area (Å²) < 4.78 is 2.30. The molecular formula is C16H22N4. The van der Waals surface area contributed by atoms with Gasteiger partial charge in [-0.3, -0.25) is 4.90 Å². The molecule has 20 heavy (non-hydrogen) atoms. The van der Waals surface area contributed by atoms with Crippen molar-refractivity contribution in [2.45, 2.75) is 58.2 Å². The molecule has 2 aromatic heterocycles. The van der Waals surface area contributed by atoms with Crippen LogP contribution in [0, 0.1) is 0 Å². The van der Waals surface area contributed by atoms with Crippen LogP contribution in [0.1, 0.15) is 50.4 Å². The number of hydrogen-bond acceptors (Lipinski definition) is 3. The first-order chi connectivity index (χ1) is 9.72. The monoisotopic (exact) mass is 270 g/mol. The van der Waals surface area contributed by atoms with Crippen LogP contribution >= 0.6 is 0 Å². The number of hydrogen-bond donors (Lipinski definition) is 0. The molecule has 0 radical (unpaired) electrons. The molecule has 2 aliphatic rings. The lowest BCUT2D eigenvalue weighted by Crippen LogP contribution is -2.38. The van der Waals surface area contributed by atoms with Gasteiger partial charge in [0.25, 0.3) is 0 Å². The van der Waals surface area contributed by atoms with Crippen LogP contribution in [0.4, 0.5) is 0 Å². The summed E-state index contributed by atoms with van der Waals surface area (Å²) in [5.74, 6) is 1.91. The summed E-state index contributed by atoms with van der Waals surface area (Å²) in [7, 11) is 0. The molecule has 4 rings (SSSR count). The van der Waals surface area contributed by atoms with E-state index in [0.29, 0.717) is 6.04 Å². The fourth-order valence-corrected chi connectivity index (χ4v) is 3.32. The third-order valence-electron chi connectivity index (χ3n) is 4.95. The number of imidazole rings is 1. The van der Waals surface area contributed by atoms with Gasteiger partial charge in [0.1, 0.15) is 11.3 Å². The summed E-state index contributed by atoms with van der Waals surface area (Å²) in [5.41, 5.74) is 3.56. The highest BCUT2D eigenvalue weighted by Gasteiger charge is 2.24. The van der Waals surface area contributed by atoms with Crippen LogP contribution in [0.15, 0.2) is 12.3 Å². The van der Waals surface area contributed by atoms with Gasteiger partial charge in [-0.15, -0.1) is 0 Å². The molecule has 0 unspecified atom stereocenters. The maximum atomic E-state index is 4.85. The maximum Gasteiger partial charge on any atom is 0.160 e. The van der Waals surface area contributed by atoms with Crippen molar-refractivity contribution in [3.63, 3.8) is 0 Å². The van der Waals surface area contributed by atoms with Gasteiger partial charge in [0.15, 0.2) is 5.65 Å². The van der Waals surface area contributed by atoms with Gasteiger partial charge in [-0.1, -0.05) is 6.42 Å². The topological polar surface area (TPSA) is 34.0 Å². The van der Waals surface area contributed by atoms with Gasteiger partial charge in [-0.05, 0) is 44.2 Å². The van der Waals surface area contributed by atoms with E-state index in [9.17, 15) is 0 Å². The Kier molecular flexibility index (Phi) is 2.81. The van der Waals surface area contributed by atoms with E-state index in [1.54, 1.807) is 0 Å². The van der Waals surface area contributed by atoms with E-state index in [-0.39, 0.29) is 0 Å². The molecular weight excluding hydrogens is 248 g/mol. The molecule has 4 nitrogen and oxygen atoms in total. The van der Waals surface area contributed by atoms with Crippen LogP contribution < -0.4 is 0 Å². The fourth-order valence-electron chi connectivity index (χ4n) is 3.32. The highest BCUT2D eigenvalue weighted by Crippen LogP contribution is 2.36. The number of fused-ring (bicyclic) bond motifs is 3. The molecule has 3 heterocycles. The number of rotatable bonds is 2. The second-order valence-corrected chi connectivity index (χ2v) is 6.48. The zero-order chi connectivity index (χ0) is 13.7. The summed E-state index contributed by atoms with van der Waals surface area (Å²) in [6.07, 6.45) is 6.09. The average Bonchev–Trinajstić information content (AvgIpc) is 2.73. The normalized spacial score (nSPS) is 20.4. The number of aromatic nitrogens is 3. The second kappa shape index (κ2) is 4.55. The lowest BCUT2D eigenvalue weighted by molar-refractivity contribution is 0.175. The third-order valence-corrected chi connectivity index (χ3v) is 4.95. The Balaban J connectivity index is 1.72. The van der Waals surface area contributed by atoms with Crippen molar-refractivity contribution in [2.75, 3.05) is 6.54 Å². The van der Waals surface area contributed by atoms with Crippen LogP contribution in [0.3, 0.4) is 0 Å². The highest BCUT2D eigenvalue weighted by atomic mass is 15.3. The molecule has 1 aliphatic heterocycles. The second-order valence-electron chi connectivity index (χ2n) is 6.48. The quantitative estimate of drug-likeness (QED) is 0.841. The molecule has 0 saturated heterocycles. The first kappa shape index (κ1) is 12.3. The maximum absolute atomic E-state index is 4.85. The van der Waals surface area contributed by atoms with Crippen LogP contribution in [0.2, 0.25) is 0 Å². The number of nitrogens with zero attached hydrogens (tertiary/aromatic N) is 4. The van der Waals surface area contributed by atoms with Crippen LogP contribution in [-0.2, 0) is 13.1 Å². The molecule has 1 saturated carbocycles. The smallest absolute Gasteiger partial charge is 0.160 e. The van der Waals surface area contributed by atoms with Crippen LogP contribution in [0.25, 0.3) is 11.2 Å². The Morgan fingerprint density at radius 1 is 1.25 bits per heavy atom. The molecule has 0 amide bonds. The van der Waals surface area contributed by atoms with Gasteiger partial charge in [0.05, 0.1) is 6.54 Å². The summed E-state index contributed by atoms with van der Waals surface area (Å²) in [4.78, 5) is 12.0. The Morgan fingerprint density at radius 2 is 2.10 bits per heavy atom. The van der Waals surface area contributed by atoms with Gasteiger partial charge in [-0.2, -0.15) is 0 Å². The van der Waals surface area contributed by atoms with Crippen LogP contribution in [-0.4, -0.2) is 32.0 Å². The largest absolute Gasteiger partial charge is 0.310 e. The molecule has 0 N–H and O–H groups in total. The molecule has 2 aromatic rings. The lowest BCUT2D eigenvalue weighted by atomic mass is 9.81. The molecule has 0 atom stereocenters. The minimum atomic E-state index is 0.585. The van der Waals surface area contributed by atoms with Crippen molar-refractivity contribution in [2.24, 2.45) is 0 Å². The Labute approximate surface area is 119 Å². The zero-order valence-corrected chi connectivity index (χ0v) is 12.3. The van der Waals surface area contributed by atoms with Crippen molar-refractivity contribution in [1.82, 2.24) is 19.4 Å². The minimum absolute atomic E-state index is 0.585. The van der Waals surface area contributed by atoms with E-state index in [4.69, 9.17) is 9.97 Å². The minimum Gasteiger partial charge on any atom is -0.310 e. The Morgan fingerprint density at radius 3 is 2.80 bits per heavy atom. The van der Waals surface area contributed by atoms with Crippen molar-refractivity contribution in [3.05, 3.63) is 23.7 Å². The Hall–Kier alpha value is -1.42. The van der Waals surface area contributed by atoms with Crippen molar-refractivity contribution in [1.29, 1.82) is 0 Å². The van der Waals surface area contributed by atoms with Gasteiger partial charge >= 0.3 is 0 Å². The van der Waals surface area contributed by atoms with Gasteiger partial charge in [0.2, 0.25) is 0 Å². The van der Waals surface area contributed by atoms with Crippen molar-refractivity contribution < 1.29 is 0 Å². The molecule has 0 spiro atoms. The molecule has 4 heteroatoms. The van der Waals surface area contributed by atoms with E-state index in [1.165, 1.54) is 30.7 Å². The van der Waals surface area contributed by atoms with E-state index < -0.39 is 0 Å². The molecule has 0 bridgehead atoms. The standard InChI is InChI=1S/C16H22N4/c1-11(2)19-6-7-20-15(10-19)18-14-8-13(9-17-16(14)20)12-4-3-5-12/h8-9,11-12H,3-7,10H2,1-2H3. The molecule has 1 fully saturated rings.